The lowest BCUT2D eigenvalue weighted by Crippen LogP contribution is -2.20. The van der Waals surface area contributed by atoms with E-state index in [1.807, 2.05) is 0 Å². The van der Waals surface area contributed by atoms with Gasteiger partial charge in [-0.2, -0.15) is 0 Å². The molecular formula is C12H14N2. The summed E-state index contributed by atoms with van der Waals surface area (Å²) in [5.41, 5.74) is 1.47. The Morgan fingerprint density at radius 1 is 1.14 bits per heavy atom. The zero-order valence-corrected chi connectivity index (χ0v) is 8.11. The molecule has 0 unspecified atom stereocenters. The van der Waals surface area contributed by atoms with Crippen LogP contribution >= 0.6 is 0 Å². The fourth-order valence-corrected chi connectivity index (χ4v) is 2.23. The van der Waals surface area contributed by atoms with Crippen LogP contribution in [0.5, 0.6) is 0 Å². The Kier molecular flexibility index (Phi) is 1.79. The predicted octanol–water partition coefficient (Wildman–Crippen LogP) is 1.79. The Hall–Kier alpha value is -1.31. The van der Waals surface area contributed by atoms with Crippen molar-refractivity contribution in [1.82, 2.24) is 5.32 Å². The van der Waals surface area contributed by atoms with Crippen molar-refractivity contribution in [2.24, 2.45) is 10.9 Å². The number of nitrogens with one attached hydrogen (secondary N) is 1. The summed E-state index contributed by atoms with van der Waals surface area (Å²) in [5, 5.41) is 3.37. The molecule has 72 valence electrons. The third-order valence-electron chi connectivity index (χ3n) is 3.07. The van der Waals surface area contributed by atoms with Crippen LogP contribution in [0.4, 0.5) is 0 Å². The summed E-state index contributed by atoms with van der Waals surface area (Å²) in [6.45, 7) is 2.00. The molecule has 1 aliphatic heterocycles. The van der Waals surface area contributed by atoms with Crippen LogP contribution < -0.4 is 5.32 Å². The minimum atomic E-state index is 0.680. The molecule has 1 aromatic carbocycles. The lowest BCUT2D eigenvalue weighted by molar-refractivity contribution is 0.933. The number of aliphatic imine (C=N–C) groups is 1. The minimum absolute atomic E-state index is 0.680. The maximum atomic E-state index is 4.48. The van der Waals surface area contributed by atoms with Crippen molar-refractivity contribution in [3.63, 3.8) is 0 Å². The van der Waals surface area contributed by atoms with Gasteiger partial charge in [0.2, 0.25) is 0 Å². The second-order valence-corrected chi connectivity index (χ2v) is 4.05. The molecule has 1 aliphatic carbocycles. The first-order chi connectivity index (χ1) is 6.95. The highest BCUT2D eigenvalue weighted by molar-refractivity contribution is 5.89. The lowest BCUT2D eigenvalue weighted by Gasteiger charge is -2.01. The van der Waals surface area contributed by atoms with E-state index >= 15 is 0 Å². The van der Waals surface area contributed by atoms with Gasteiger partial charge in [0.1, 0.15) is 5.84 Å². The number of hydrogen-bond acceptors (Lipinski definition) is 2. The molecule has 3 rings (SSSR count). The average molecular weight is 186 g/mol. The first kappa shape index (κ1) is 8.04. The van der Waals surface area contributed by atoms with Crippen molar-refractivity contribution < 1.29 is 0 Å². The van der Waals surface area contributed by atoms with Gasteiger partial charge >= 0.3 is 0 Å². The number of benzene rings is 1. The van der Waals surface area contributed by atoms with Gasteiger partial charge in [-0.3, -0.25) is 4.99 Å². The van der Waals surface area contributed by atoms with Crippen LogP contribution in [0.3, 0.4) is 0 Å². The molecule has 0 bridgehead atoms. The summed E-state index contributed by atoms with van der Waals surface area (Å²) in [6, 6.07) is 10.8. The van der Waals surface area contributed by atoms with Crippen LogP contribution in [-0.2, 0) is 0 Å². The highest BCUT2D eigenvalue weighted by Gasteiger charge is 2.42. The summed E-state index contributed by atoms with van der Waals surface area (Å²) in [4.78, 5) is 4.48. The largest absolute Gasteiger partial charge is 0.372 e. The molecule has 1 N–H and O–H groups in total. The van der Waals surface area contributed by atoms with Gasteiger partial charge in [-0.05, 0) is 17.9 Å². The highest BCUT2D eigenvalue weighted by Crippen LogP contribution is 2.48. The molecule has 14 heavy (non-hydrogen) atoms. The molecule has 1 heterocycles. The van der Waals surface area contributed by atoms with Gasteiger partial charge in [-0.1, -0.05) is 30.3 Å². The van der Waals surface area contributed by atoms with E-state index < -0.39 is 0 Å². The monoisotopic (exact) mass is 186 g/mol. The molecule has 1 fully saturated rings. The van der Waals surface area contributed by atoms with Crippen LogP contribution in [0.1, 0.15) is 17.9 Å². The first-order valence-corrected chi connectivity index (χ1v) is 5.28. The summed E-state index contributed by atoms with van der Waals surface area (Å²) < 4.78 is 0. The van der Waals surface area contributed by atoms with Gasteiger partial charge in [0.05, 0.1) is 6.54 Å². The zero-order chi connectivity index (χ0) is 9.38. The van der Waals surface area contributed by atoms with Crippen LogP contribution in [0.15, 0.2) is 35.3 Å². The average Bonchev–Trinajstić information content (AvgIpc) is 2.87. The first-order valence-electron chi connectivity index (χ1n) is 5.28. The predicted molar refractivity (Wildman–Crippen MR) is 57.6 cm³/mol. The van der Waals surface area contributed by atoms with E-state index in [1.165, 1.54) is 17.8 Å². The molecule has 2 nitrogen and oxygen atoms in total. The quantitative estimate of drug-likeness (QED) is 0.748. The molecule has 2 atom stereocenters. The summed E-state index contributed by atoms with van der Waals surface area (Å²) in [6.07, 6.45) is 1.27. The smallest absolute Gasteiger partial charge is 0.100 e. The lowest BCUT2D eigenvalue weighted by atomic mass is 10.1. The molecule has 0 spiro atoms. The molecule has 0 amide bonds. The van der Waals surface area contributed by atoms with Crippen LogP contribution in [-0.4, -0.2) is 18.9 Å². The molecule has 2 aliphatic rings. The van der Waals surface area contributed by atoms with E-state index in [-0.39, 0.29) is 0 Å². The minimum Gasteiger partial charge on any atom is -0.372 e. The molecular weight excluding hydrogens is 172 g/mol. The van der Waals surface area contributed by atoms with Crippen molar-refractivity contribution in [1.29, 1.82) is 0 Å². The fourth-order valence-electron chi connectivity index (χ4n) is 2.23. The van der Waals surface area contributed by atoms with Crippen LogP contribution in [0.2, 0.25) is 0 Å². The maximum Gasteiger partial charge on any atom is 0.100 e. The summed E-state index contributed by atoms with van der Waals surface area (Å²) in [5.74, 6) is 2.65. The molecule has 1 aromatic rings. The van der Waals surface area contributed by atoms with E-state index in [0.717, 1.165) is 19.0 Å². The van der Waals surface area contributed by atoms with Crippen molar-refractivity contribution in [3.05, 3.63) is 35.9 Å². The second-order valence-electron chi connectivity index (χ2n) is 4.05. The van der Waals surface area contributed by atoms with Crippen molar-refractivity contribution in [2.75, 3.05) is 13.1 Å². The van der Waals surface area contributed by atoms with Crippen LogP contribution in [0.25, 0.3) is 0 Å². The standard InChI is InChI=1S/C12H14N2/c1-2-4-9(5-3-1)10-8-11(10)12-13-6-7-14-12/h1-5,10-11H,6-8H2,(H,13,14)/t10-,11-/m0/s1. The van der Waals surface area contributed by atoms with E-state index in [1.54, 1.807) is 0 Å². The van der Waals surface area contributed by atoms with Crippen molar-refractivity contribution in [3.8, 4) is 0 Å². The number of nitrogens with zero attached hydrogens (tertiary/aromatic N) is 1. The number of rotatable bonds is 2. The maximum absolute atomic E-state index is 4.48. The second kappa shape index (κ2) is 3.12. The summed E-state index contributed by atoms with van der Waals surface area (Å²) in [7, 11) is 0. The number of hydrogen-bond donors (Lipinski definition) is 1. The van der Waals surface area contributed by atoms with E-state index in [0.29, 0.717) is 5.92 Å². The Morgan fingerprint density at radius 3 is 2.71 bits per heavy atom. The van der Waals surface area contributed by atoms with Gasteiger partial charge in [-0.15, -0.1) is 0 Å². The fraction of sp³-hybridized carbons (Fsp3) is 0.417. The van der Waals surface area contributed by atoms with Gasteiger partial charge in [-0.25, -0.2) is 0 Å². The van der Waals surface area contributed by atoms with Gasteiger partial charge in [0.15, 0.2) is 0 Å². The third kappa shape index (κ3) is 1.31. The van der Waals surface area contributed by atoms with Crippen LogP contribution in [0, 0.1) is 5.92 Å². The Labute approximate surface area is 84.1 Å². The van der Waals surface area contributed by atoms with E-state index in [2.05, 4.69) is 40.6 Å². The third-order valence-corrected chi connectivity index (χ3v) is 3.07. The zero-order valence-electron chi connectivity index (χ0n) is 8.11. The van der Waals surface area contributed by atoms with E-state index in [9.17, 15) is 0 Å². The topological polar surface area (TPSA) is 24.4 Å². The van der Waals surface area contributed by atoms with Gasteiger partial charge < -0.3 is 5.32 Å². The Bertz CT molecular complexity index is 356. The molecule has 0 saturated heterocycles. The van der Waals surface area contributed by atoms with Crippen molar-refractivity contribution >= 4 is 5.84 Å². The molecule has 0 aromatic heterocycles. The summed E-state index contributed by atoms with van der Waals surface area (Å²) >= 11 is 0. The number of amidine groups is 1. The molecule has 1 saturated carbocycles. The molecule has 0 radical (unpaired) electrons. The normalized spacial score (nSPS) is 29.6. The molecule has 2 heteroatoms. The van der Waals surface area contributed by atoms with Gasteiger partial charge in [0, 0.05) is 12.5 Å². The SMILES string of the molecule is c1ccc([C@@H]2C[C@@H]2C2=NCCN2)cc1. The van der Waals surface area contributed by atoms with Crippen molar-refractivity contribution in [2.45, 2.75) is 12.3 Å². The Balaban J connectivity index is 1.74. The highest BCUT2D eigenvalue weighted by atomic mass is 15.1. The Morgan fingerprint density at radius 2 is 2.00 bits per heavy atom. The van der Waals surface area contributed by atoms with Gasteiger partial charge in [0.25, 0.3) is 0 Å². The van der Waals surface area contributed by atoms with E-state index in [4.69, 9.17) is 0 Å².